The van der Waals surface area contributed by atoms with Crippen molar-refractivity contribution >= 4 is 5.91 Å². The van der Waals surface area contributed by atoms with Crippen LogP contribution in [0.15, 0.2) is 22.8 Å². The van der Waals surface area contributed by atoms with Gasteiger partial charge in [0.05, 0.1) is 18.8 Å². The second kappa shape index (κ2) is 5.75. The van der Waals surface area contributed by atoms with Crippen LogP contribution in [-0.4, -0.2) is 40.6 Å². The molecule has 0 radical (unpaired) electrons. The third kappa shape index (κ3) is 3.16. The van der Waals surface area contributed by atoms with Crippen LogP contribution >= 0.6 is 0 Å². The average molecular weight is 266 g/mol. The second-order valence-corrected chi connectivity index (χ2v) is 5.59. The Hall–Kier alpha value is -1.33. The van der Waals surface area contributed by atoms with E-state index in [1.807, 2.05) is 17.0 Å². The van der Waals surface area contributed by atoms with E-state index in [1.54, 1.807) is 6.26 Å². The Labute approximate surface area is 113 Å². The Morgan fingerprint density at radius 3 is 3.00 bits per heavy atom. The summed E-state index contributed by atoms with van der Waals surface area (Å²) >= 11 is 0. The molecule has 1 atom stereocenters. The van der Waals surface area contributed by atoms with Gasteiger partial charge in [0.2, 0.25) is 5.91 Å². The van der Waals surface area contributed by atoms with Gasteiger partial charge < -0.3 is 19.7 Å². The zero-order valence-corrected chi connectivity index (χ0v) is 11.6. The molecule has 2 N–H and O–H groups in total. The highest BCUT2D eigenvalue weighted by molar-refractivity contribution is 5.82. The summed E-state index contributed by atoms with van der Waals surface area (Å²) < 4.78 is 5.35. The molecule has 1 saturated heterocycles. The van der Waals surface area contributed by atoms with Gasteiger partial charge in [-0.2, -0.15) is 0 Å². The Kier molecular flexibility index (Phi) is 4.27. The van der Waals surface area contributed by atoms with Crippen LogP contribution in [0.5, 0.6) is 0 Å². The molecule has 0 spiro atoms. The third-order valence-electron chi connectivity index (χ3n) is 3.73. The number of carbonyl (C=O) groups excluding carboxylic acids is 1. The first-order valence-corrected chi connectivity index (χ1v) is 6.73. The highest BCUT2D eigenvalue weighted by Gasteiger charge is 2.37. The molecular weight excluding hydrogens is 244 g/mol. The number of aliphatic hydroxyl groups excluding tert-OH is 1. The fourth-order valence-electron chi connectivity index (χ4n) is 2.47. The highest BCUT2D eigenvalue weighted by atomic mass is 16.3. The van der Waals surface area contributed by atoms with Crippen molar-refractivity contribution in [3.05, 3.63) is 24.2 Å². The van der Waals surface area contributed by atoms with Gasteiger partial charge in [-0.05, 0) is 45.4 Å². The molecule has 106 valence electrons. The van der Waals surface area contributed by atoms with Gasteiger partial charge in [-0.25, -0.2) is 0 Å². The van der Waals surface area contributed by atoms with E-state index in [1.165, 1.54) is 0 Å². The first-order chi connectivity index (χ1) is 9.04. The summed E-state index contributed by atoms with van der Waals surface area (Å²) in [6.07, 6.45) is 2.94. The number of carbonyl (C=O) groups is 1. The molecule has 0 aromatic carbocycles. The zero-order valence-electron chi connectivity index (χ0n) is 11.6. The van der Waals surface area contributed by atoms with Crippen molar-refractivity contribution in [3.63, 3.8) is 0 Å². The van der Waals surface area contributed by atoms with E-state index in [2.05, 4.69) is 19.2 Å². The van der Waals surface area contributed by atoms with E-state index >= 15 is 0 Å². The maximum Gasteiger partial charge on any atom is 0.240 e. The average Bonchev–Trinajstić information content (AvgIpc) is 2.83. The molecule has 1 aliphatic heterocycles. The summed E-state index contributed by atoms with van der Waals surface area (Å²) in [6, 6.07) is 3.40. The first-order valence-electron chi connectivity index (χ1n) is 6.73. The van der Waals surface area contributed by atoms with Gasteiger partial charge in [-0.1, -0.05) is 0 Å². The van der Waals surface area contributed by atoms with Gasteiger partial charge in [0.25, 0.3) is 0 Å². The summed E-state index contributed by atoms with van der Waals surface area (Å²) in [5.41, 5.74) is -0.221. The Morgan fingerprint density at radius 1 is 1.58 bits per heavy atom. The predicted molar refractivity (Wildman–Crippen MR) is 71.4 cm³/mol. The normalized spacial score (nSPS) is 23.4. The van der Waals surface area contributed by atoms with Crippen LogP contribution in [0, 0.1) is 0 Å². The van der Waals surface area contributed by atoms with Crippen molar-refractivity contribution in [2.75, 3.05) is 13.2 Å². The van der Waals surface area contributed by atoms with Gasteiger partial charge in [0.1, 0.15) is 5.76 Å². The molecule has 1 aromatic heterocycles. The van der Waals surface area contributed by atoms with E-state index in [-0.39, 0.29) is 24.1 Å². The third-order valence-corrected chi connectivity index (χ3v) is 3.73. The van der Waals surface area contributed by atoms with E-state index < -0.39 is 0 Å². The smallest absolute Gasteiger partial charge is 0.240 e. The SMILES string of the molecule is CC1(C)CCNC(CCO)C(=O)N1Cc1ccco1. The number of rotatable bonds is 4. The van der Waals surface area contributed by atoms with Crippen molar-refractivity contribution in [3.8, 4) is 0 Å². The van der Waals surface area contributed by atoms with Crippen LogP contribution in [0.25, 0.3) is 0 Å². The van der Waals surface area contributed by atoms with E-state index in [0.717, 1.165) is 18.7 Å². The largest absolute Gasteiger partial charge is 0.467 e. The van der Waals surface area contributed by atoms with Crippen molar-refractivity contribution in [2.45, 2.75) is 44.8 Å². The number of amides is 1. The van der Waals surface area contributed by atoms with Crippen molar-refractivity contribution < 1.29 is 14.3 Å². The molecule has 1 aliphatic rings. The molecule has 2 rings (SSSR count). The van der Waals surface area contributed by atoms with Crippen LogP contribution in [0.1, 0.15) is 32.4 Å². The van der Waals surface area contributed by atoms with E-state index in [0.29, 0.717) is 13.0 Å². The number of nitrogens with zero attached hydrogens (tertiary/aromatic N) is 1. The standard InChI is InChI=1S/C14H22N2O3/c1-14(2)6-7-15-12(5-8-17)13(18)16(14)10-11-4-3-9-19-11/h3-4,9,12,15,17H,5-8,10H2,1-2H3. The first kappa shape index (κ1) is 14.1. The summed E-state index contributed by atoms with van der Waals surface area (Å²) in [5, 5.41) is 12.3. The number of furan rings is 1. The minimum atomic E-state index is -0.304. The molecule has 1 unspecified atom stereocenters. The molecule has 1 amide bonds. The van der Waals surface area contributed by atoms with Gasteiger partial charge in [0.15, 0.2) is 0 Å². The quantitative estimate of drug-likeness (QED) is 0.857. The lowest BCUT2D eigenvalue weighted by Crippen LogP contribution is -2.50. The molecule has 0 aliphatic carbocycles. The minimum Gasteiger partial charge on any atom is -0.467 e. The highest BCUT2D eigenvalue weighted by Crippen LogP contribution is 2.25. The van der Waals surface area contributed by atoms with Crippen LogP contribution in [0.3, 0.4) is 0 Å². The monoisotopic (exact) mass is 266 g/mol. The van der Waals surface area contributed by atoms with Gasteiger partial charge in [0, 0.05) is 12.1 Å². The molecule has 5 nitrogen and oxygen atoms in total. The molecule has 0 saturated carbocycles. The van der Waals surface area contributed by atoms with E-state index in [4.69, 9.17) is 9.52 Å². The van der Waals surface area contributed by atoms with Crippen LogP contribution in [-0.2, 0) is 11.3 Å². The summed E-state index contributed by atoms with van der Waals surface area (Å²) in [5.74, 6) is 0.819. The lowest BCUT2D eigenvalue weighted by atomic mass is 9.98. The lowest BCUT2D eigenvalue weighted by Gasteiger charge is -2.37. The van der Waals surface area contributed by atoms with Crippen LogP contribution in [0.2, 0.25) is 0 Å². The number of aliphatic hydroxyl groups is 1. The predicted octanol–water partition coefficient (Wildman–Crippen LogP) is 1.13. The second-order valence-electron chi connectivity index (χ2n) is 5.59. The zero-order chi connectivity index (χ0) is 13.9. The molecule has 2 heterocycles. The number of hydrogen-bond donors (Lipinski definition) is 2. The Balaban J connectivity index is 2.19. The van der Waals surface area contributed by atoms with Gasteiger partial charge in [-0.3, -0.25) is 4.79 Å². The fraction of sp³-hybridized carbons (Fsp3) is 0.643. The van der Waals surface area contributed by atoms with Crippen molar-refractivity contribution in [2.24, 2.45) is 0 Å². The lowest BCUT2D eigenvalue weighted by molar-refractivity contribution is -0.139. The Morgan fingerprint density at radius 2 is 2.37 bits per heavy atom. The molecule has 5 heteroatoms. The number of nitrogens with one attached hydrogen (secondary N) is 1. The number of hydrogen-bond acceptors (Lipinski definition) is 4. The molecular formula is C14H22N2O3. The fourth-order valence-corrected chi connectivity index (χ4v) is 2.47. The summed E-state index contributed by atoms with van der Waals surface area (Å²) in [6.45, 7) is 5.40. The van der Waals surface area contributed by atoms with Crippen LogP contribution < -0.4 is 5.32 Å². The molecule has 19 heavy (non-hydrogen) atoms. The minimum absolute atomic E-state index is 0.0123. The van der Waals surface area contributed by atoms with Crippen molar-refractivity contribution in [1.82, 2.24) is 10.2 Å². The molecule has 0 bridgehead atoms. The topological polar surface area (TPSA) is 65.7 Å². The van der Waals surface area contributed by atoms with Crippen molar-refractivity contribution in [1.29, 1.82) is 0 Å². The van der Waals surface area contributed by atoms with Gasteiger partial charge >= 0.3 is 0 Å². The summed E-state index contributed by atoms with van der Waals surface area (Å²) in [7, 11) is 0. The Bertz CT molecular complexity index is 414. The van der Waals surface area contributed by atoms with Gasteiger partial charge in [-0.15, -0.1) is 0 Å². The maximum absolute atomic E-state index is 12.6. The molecule has 1 aromatic rings. The van der Waals surface area contributed by atoms with Crippen LogP contribution in [0.4, 0.5) is 0 Å². The molecule has 1 fully saturated rings. The van der Waals surface area contributed by atoms with E-state index in [9.17, 15) is 4.79 Å². The summed E-state index contributed by atoms with van der Waals surface area (Å²) in [4.78, 5) is 14.4. The maximum atomic E-state index is 12.6.